The van der Waals surface area contributed by atoms with E-state index in [2.05, 4.69) is 37.8 Å². The first kappa shape index (κ1) is 21.0. The molecule has 0 radical (unpaired) electrons. The van der Waals surface area contributed by atoms with Crippen LogP contribution in [0.5, 0.6) is 11.5 Å². The van der Waals surface area contributed by atoms with Crippen LogP contribution in [0.15, 0.2) is 12.1 Å². The van der Waals surface area contributed by atoms with Gasteiger partial charge in [-0.1, -0.05) is 12.8 Å². The molecule has 3 aliphatic rings. The molecule has 5 heteroatoms. The molecular formula is C24H37NO4. The van der Waals surface area contributed by atoms with Crippen molar-refractivity contribution < 1.29 is 19.3 Å². The van der Waals surface area contributed by atoms with Crippen molar-refractivity contribution in [1.82, 2.24) is 4.90 Å². The minimum atomic E-state index is -0.453. The first-order valence-electron chi connectivity index (χ1n) is 11.3. The monoisotopic (exact) mass is 403 g/mol. The van der Waals surface area contributed by atoms with Crippen LogP contribution in [-0.2, 0) is 11.2 Å². The number of piperidine rings is 1. The van der Waals surface area contributed by atoms with Gasteiger partial charge in [-0.2, -0.15) is 0 Å². The molecule has 0 amide bonds. The average Bonchev–Trinajstić information content (AvgIpc) is 3.19. The fourth-order valence-electron chi connectivity index (χ4n) is 5.22. The van der Waals surface area contributed by atoms with E-state index in [1.165, 1.54) is 36.8 Å². The Morgan fingerprint density at radius 2 is 1.90 bits per heavy atom. The summed E-state index contributed by atoms with van der Waals surface area (Å²) in [6.07, 6.45) is 6.31. The number of aliphatic hydroxyl groups is 1. The van der Waals surface area contributed by atoms with Crippen molar-refractivity contribution >= 4 is 0 Å². The van der Waals surface area contributed by atoms with Gasteiger partial charge in [-0.05, 0) is 75.6 Å². The zero-order valence-electron chi connectivity index (χ0n) is 18.4. The molecule has 0 bridgehead atoms. The summed E-state index contributed by atoms with van der Waals surface area (Å²) in [5, 5.41) is 10.8. The number of methoxy groups -OCH3 is 1. The summed E-state index contributed by atoms with van der Waals surface area (Å²) in [7, 11) is 1.72. The lowest BCUT2D eigenvalue weighted by atomic mass is 9.84. The van der Waals surface area contributed by atoms with Crippen LogP contribution in [0.4, 0.5) is 0 Å². The van der Waals surface area contributed by atoms with Crippen LogP contribution >= 0.6 is 0 Å². The van der Waals surface area contributed by atoms with Gasteiger partial charge in [0.1, 0.15) is 0 Å². The molecule has 1 aromatic carbocycles. The van der Waals surface area contributed by atoms with Gasteiger partial charge in [-0.15, -0.1) is 0 Å². The number of rotatable bonds is 5. The van der Waals surface area contributed by atoms with E-state index < -0.39 is 6.10 Å². The van der Waals surface area contributed by atoms with Crippen LogP contribution in [0, 0.1) is 5.92 Å². The van der Waals surface area contributed by atoms with Crippen molar-refractivity contribution in [2.75, 3.05) is 26.8 Å². The molecule has 3 atom stereocenters. The highest BCUT2D eigenvalue weighted by atomic mass is 16.5. The second-order valence-electron chi connectivity index (χ2n) is 10.00. The maximum Gasteiger partial charge on any atom is 0.161 e. The van der Waals surface area contributed by atoms with E-state index in [-0.39, 0.29) is 17.7 Å². The van der Waals surface area contributed by atoms with Crippen LogP contribution in [0.25, 0.3) is 0 Å². The van der Waals surface area contributed by atoms with Gasteiger partial charge in [-0.25, -0.2) is 0 Å². The fraction of sp³-hybridized carbons (Fsp3) is 0.750. The van der Waals surface area contributed by atoms with Gasteiger partial charge >= 0.3 is 0 Å². The van der Waals surface area contributed by atoms with Crippen molar-refractivity contribution in [2.45, 2.75) is 83.1 Å². The van der Waals surface area contributed by atoms with Crippen LogP contribution in [0.2, 0.25) is 0 Å². The number of aliphatic hydroxyl groups excluding tert-OH is 1. The molecule has 1 aromatic rings. The van der Waals surface area contributed by atoms with E-state index in [1.54, 1.807) is 7.11 Å². The number of fused-ring (bicyclic) bond motifs is 3. The van der Waals surface area contributed by atoms with Crippen molar-refractivity contribution in [3.63, 3.8) is 0 Å². The zero-order chi connectivity index (χ0) is 20.6. The quantitative estimate of drug-likeness (QED) is 0.802. The molecule has 1 N–H and O–H groups in total. The summed E-state index contributed by atoms with van der Waals surface area (Å²) < 4.78 is 18.0. The summed E-state index contributed by atoms with van der Waals surface area (Å²) in [6.45, 7) is 8.70. The van der Waals surface area contributed by atoms with Gasteiger partial charge in [0.15, 0.2) is 11.5 Å². The topological polar surface area (TPSA) is 51.2 Å². The van der Waals surface area contributed by atoms with Crippen LogP contribution < -0.4 is 9.47 Å². The van der Waals surface area contributed by atoms with Crippen molar-refractivity contribution in [1.29, 1.82) is 0 Å². The van der Waals surface area contributed by atoms with Crippen molar-refractivity contribution in [3.05, 3.63) is 23.3 Å². The summed E-state index contributed by atoms with van der Waals surface area (Å²) in [4.78, 5) is 2.46. The molecule has 162 valence electrons. The molecule has 2 fully saturated rings. The molecule has 4 rings (SSSR count). The Balaban J connectivity index is 1.51. The maximum atomic E-state index is 10.8. The van der Waals surface area contributed by atoms with E-state index in [0.717, 1.165) is 37.6 Å². The number of ether oxygens (including phenoxy) is 3. The third-order valence-corrected chi connectivity index (χ3v) is 6.66. The van der Waals surface area contributed by atoms with E-state index in [9.17, 15) is 5.11 Å². The smallest absolute Gasteiger partial charge is 0.161 e. The highest BCUT2D eigenvalue weighted by Gasteiger charge is 2.40. The first-order valence-corrected chi connectivity index (χ1v) is 11.3. The van der Waals surface area contributed by atoms with Crippen LogP contribution in [-0.4, -0.2) is 54.6 Å². The Labute approximate surface area is 175 Å². The minimum Gasteiger partial charge on any atom is -0.493 e. The lowest BCUT2D eigenvalue weighted by molar-refractivity contribution is -0.149. The summed E-state index contributed by atoms with van der Waals surface area (Å²) in [6, 6.07) is 4.55. The molecular weight excluding hydrogens is 366 g/mol. The lowest BCUT2D eigenvalue weighted by Gasteiger charge is -2.46. The van der Waals surface area contributed by atoms with Gasteiger partial charge in [0, 0.05) is 19.1 Å². The standard InChI is InChI=1S/C24H37NO4/c1-24(2,3)29-23-14-25-10-9-17-11-22(28-15-16-7-5-6-8-16)21(27-4)12-18(17)19(25)13-20(23)26/h11-12,16,19-20,23,26H,5-10,13-15H2,1-4H3/t19-,20-,23-/m1/s1. The van der Waals surface area contributed by atoms with Crippen LogP contribution in [0.1, 0.15) is 70.0 Å². The molecule has 1 saturated carbocycles. The molecule has 5 nitrogen and oxygen atoms in total. The number of benzene rings is 1. The molecule has 1 saturated heterocycles. The number of hydrogen-bond donors (Lipinski definition) is 1. The van der Waals surface area contributed by atoms with Gasteiger partial charge in [0.25, 0.3) is 0 Å². The summed E-state index contributed by atoms with van der Waals surface area (Å²) in [5.41, 5.74) is 2.35. The van der Waals surface area contributed by atoms with Gasteiger partial charge in [0.05, 0.1) is 31.5 Å². The van der Waals surface area contributed by atoms with E-state index >= 15 is 0 Å². The molecule has 1 aliphatic carbocycles. The minimum absolute atomic E-state index is 0.135. The molecule has 0 aromatic heterocycles. The average molecular weight is 404 g/mol. The SMILES string of the molecule is COc1cc2c(cc1OCC1CCCC1)CCN1C[C@@H](OC(C)(C)C)[C@H](O)C[C@H]21. The predicted octanol–water partition coefficient (Wildman–Crippen LogP) is 4.11. The fourth-order valence-corrected chi connectivity index (χ4v) is 5.22. The van der Waals surface area contributed by atoms with Gasteiger partial charge < -0.3 is 19.3 Å². The van der Waals surface area contributed by atoms with Gasteiger partial charge in [-0.3, -0.25) is 4.90 Å². The normalized spacial score (nSPS) is 28.1. The highest BCUT2D eigenvalue weighted by molar-refractivity contribution is 5.49. The summed E-state index contributed by atoms with van der Waals surface area (Å²) >= 11 is 0. The van der Waals surface area contributed by atoms with Crippen LogP contribution in [0.3, 0.4) is 0 Å². The third-order valence-electron chi connectivity index (χ3n) is 6.66. The maximum absolute atomic E-state index is 10.8. The Bertz CT molecular complexity index is 708. The van der Waals surface area contributed by atoms with Gasteiger partial charge in [0.2, 0.25) is 0 Å². The van der Waals surface area contributed by atoms with Crippen molar-refractivity contribution in [2.24, 2.45) is 5.92 Å². The number of nitrogens with zero attached hydrogens (tertiary/aromatic N) is 1. The third kappa shape index (κ3) is 4.73. The second kappa shape index (κ2) is 8.44. The summed E-state index contributed by atoms with van der Waals surface area (Å²) in [5.74, 6) is 2.36. The molecule has 29 heavy (non-hydrogen) atoms. The Morgan fingerprint density at radius 1 is 1.14 bits per heavy atom. The molecule has 0 unspecified atom stereocenters. The molecule has 0 spiro atoms. The Kier molecular flexibility index (Phi) is 6.10. The second-order valence-corrected chi connectivity index (χ2v) is 10.00. The highest BCUT2D eigenvalue weighted by Crippen LogP contribution is 2.43. The van der Waals surface area contributed by atoms with E-state index in [0.29, 0.717) is 12.3 Å². The van der Waals surface area contributed by atoms with E-state index in [4.69, 9.17) is 14.2 Å². The molecule has 2 heterocycles. The Hall–Kier alpha value is -1.30. The van der Waals surface area contributed by atoms with Crippen molar-refractivity contribution in [3.8, 4) is 11.5 Å². The largest absolute Gasteiger partial charge is 0.493 e. The zero-order valence-corrected chi connectivity index (χ0v) is 18.4. The lowest BCUT2D eigenvalue weighted by Crippen LogP contribution is -2.53. The van der Waals surface area contributed by atoms with E-state index in [1.807, 2.05) is 0 Å². The Morgan fingerprint density at radius 3 is 2.59 bits per heavy atom. The first-order chi connectivity index (χ1) is 13.8. The molecule has 2 aliphatic heterocycles. The number of hydrogen-bond acceptors (Lipinski definition) is 5. The predicted molar refractivity (Wildman–Crippen MR) is 114 cm³/mol.